The van der Waals surface area contributed by atoms with Crippen molar-refractivity contribution in [2.24, 2.45) is 0 Å². The van der Waals surface area contributed by atoms with E-state index < -0.39 is 0 Å². The van der Waals surface area contributed by atoms with Crippen molar-refractivity contribution in [2.45, 2.75) is 38.8 Å². The van der Waals surface area contributed by atoms with Gasteiger partial charge in [0.05, 0.1) is 11.1 Å². The summed E-state index contributed by atoms with van der Waals surface area (Å²) >= 11 is 3.13. The van der Waals surface area contributed by atoms with Crippen molar-refractivity contribution in [2.75, 3.05) is 6.61 Å². The fourth-order valence-corrected chi connectivity index (χ4v) is 1.97. The van der Waals surface area contributed by atoms with Crippen LogP contribution in [0.15, 0.2) is 22.7 Å². The normalized spacial score (nSPS) is 11.8. The number of nitrogens with one attached hydrogen (secondary N) is 1. The zero-order valence-corrected chi connectivity index (χ0v) is 11.8. The SMILES string of the molecule is CCC(CC)(CO)NCc1ccc(Br)c(F)c1. The number of benzene rings is 1. The van der Waals surface area contributed by atoms with Gasteiger partial charge in [0.25, 0.3) is 0 Å². The lowest BCUT2D eigenvalue weighted by Crippen LogP contribution is -2.47. The number of halogens is 2. The van der Waals surface area contributed by atoms with Crippen LogP contribution >= 0.6 is 15.9 Å². The molecule has 0 saturated heterocycles. The molecular weight excluding hydrogens is 285 g/mol. The Bertz CT molecular complexity index is 358. The van der Waals surface area contributed by atoms with Gasteiger partial charge in [-0.1, -0.05) is 19.9 Å². The van der Waals surface area contributed by atoms with Gasteiger partial charge in [0.15, 0.2) is 0 Å². The summed E-state index contributed by atoms with van der Waals surface area (Å²) in [5, 5.41) is 12.7. The molecule has 0 heterocycles. The summed E-state index contributed by atoms with van der Waals surface area (Å²) in [5.74, 6) is -0.258. The van der Waals surface area contributed by atoms with Crippen LogP contribution in [0.5, 0.6) is 0 Å². The molecule has 96 valence electrons. The zero-order valence-electron chi connectivity index (χ0n) is 10.3. The summed E-state index contributed by atoms with van der Waals surface area (Å²) < 4.78 is 13.8. The third-order valence-electron chi connectivity index (χ3n) is 3.31. The highest BCUT2D eigenvalue weighted by molar-refractivity contribution is 9.10. The molecule has 17 heavy (non-hydrogen) atoms. The lowest BCUT2D eigenvalue weighted by atomic mass is 9.93. The van der Waals surface area contributed by atoms with Gasteiger partial charge in [-0.2, -0.15) is 0 Å². The van der Waals surface area contributed by atoms with Crippen LogP contribution in [0.25, 0.3) is 0 Å². The molecule has 2 nitrogen and oxygen atoms in total. The summed E-state index contributed by atoms with van der Waals surface area (Å²) in [6, 6.07) is 5.07. The summed E-state index contributed by atoms with van der Waals surface area (Å²) in [6.45, 7) is 4.73. The van der Waals surface area contributed by atoms with Crippen LogP contribution in [-0.4, -0.2) is 17.3 Å². The van der Waals surface area contributed by atoms with Gasteiger partial charge >= 0.3 is 0 Å². The van der Waals surface area contributed by atoms with Crippen LogP contribution in [0.2, 0.25) is 0 Å². The van der Waals surface area contributed by atoms with E-state index >= 15 is 0 Å². The predicted octanol–water partition coefficient (Wildman–Crippen LogP) is 3.23. The highest BCUT2D eigenvalue weighted by Crippen LogP contribution is 2.18. The van der Waals surface area contributed by atoms with Gasteiger partial charge in [0.1, 0.15) is 5.82 Å². The first-order valence-corrected chi connectivity index (χ1v) is 6.66. The highest BCUT2D eigenvalue weighted by Gasteiger charge is 2.23. The molecule has 0 amide bonds. The Hall–Kier alpha value is -0.450. The molecule has 1 aromatic carbocycles. The quantitative estimate of drug-likeness (QED) is 0.846. The number of aliphatic hydroxyl groups excluding tert-OH is 1. The van der Waals surface area contributed by atoms with Crippen molar-refractivity contribution in [1.29, 1.82) is 0 Å². The molecule has 0 unspecified atom stereocenters. The van der Waals surface area contributed by atoms with Gasteiger partial charge in [-0.15, -0.1) is 0 Å². The summed E-state index contributed by atoms with van der Waals surface area (Å²) in [6.07, 6.45) is 1.69. The van der Waals surface area contributed by atoms with E-state index in [4.69, 9.17) is 0 Å². The Kier molecular flexibility index (Phi) is 5.56. The van der Waals surface area contributed by atoms with Crippen LogP contribution in [0.4, 0.5) is 4.39 Å². The van der Waals surface area contributed by atoms with Crippen LogP contribution in [0.3, 0.4) is 0 Å². The van der Waals surface area contributed by atoms with E-state index in [9.17, 15) is 9.50 Å². The Morgan fingerprint density at radius 1 is 1.35 bits per heavy atom. The molecule has 1 rings (SSSR count). The molecule has 0 radical (unpaired) electrons. The standard InChI is InChI=1S/C13H19BrFNO/c1-3-13(4-2,9-17)16-8-10-5-6-11(14)12(15)7-10/h5-7,16-17H,3-4,8-9H2,1-2H3. The second-order valence-corrected chi connectivity index (χ2v) is 5.10. The summed E-state index contributed by atoms with van der Waals surface area (Å²) in [4.78, 5) is 0. The van der Waals surface area contributed by atoms with Crippen molar-refractivity contribution >= 4 is 15.9 Å². The third-order valence-corrected chi connectivity index (χ3v) is 3.95. The van der Waals surface area contributed by atoms with Crippen LogP contribution in [-0.2, 0) is 6.54 Å². The van der Waals surface area contributed by atoms with Crippen molar-refractivity contribution in [3.05, 3.63) is 34.1 Å². The molecule has 0 atom stereocenters. The topological polar surface area (TPSA) is 32.3 Å². The molecule has 0 fully saturated rings. The molecule has 0 bridgehead atoms. The number of hydrogen-bond donors (Lipinski definition) is 2. The maximum atomic E-state index is 13.3. The van der Waals surface area contributed by atoms with E-state index in [0.29, 0.717) is 11.0 Å². The molecule has 0 aliphatic heterocycles. The van der Waals surface area contributed by atoms with Crippen molar-refractivity contribution in [3.63, 3.8) is 0 Å². The van der Waals surface area contributed by atoms with Gasteiger partial charge in [-0.25, -0.2) is 4.39 Å². The van der Waals surface area contributed by atoms with E-state index in [0.717, 1.165) is 18.4 Å². The molecule has 0 aliphatic rings. The van der Waals surface area contributed by atoms with Gasteiger partial charge in [-0.3, -0.25) is 0 Å². The number of rotatable bonds is 6. The smallest absolute Gasteiger partial charge is 0.137 e. The molecule has 2 N–H and O–H groups in total. The van der Waals surface area contributed by atoms with Gasteiger partial charge in [0.2, 0.25) is 0 Å². The first-order chi connectivity index (χ1) is 8.06. The molecule has 0 spiro atoms. The number of hydrogen-bond acceptors (Lipinski definition) is 2. The average Bonchev–Trinajstić information content (AvgIpc) is 2.36. The van der Waals surface area contributed by atoms with E-state index in [1.165, 1.54) is 6.07 Å². The fourth-order valence-electron chi connectivity index (χ4n) is 1.72. The van der Waals surface area contributed by atoms with Crippen molar-refractivity contribution < 1.29 is 9.50 Å². The lowest BCUT2D eigenvalue weighted by molar-refractivity contribution is 0.149. The third kappa shape index (κ3) is 3.76. The minimum absolute atomic E-state index is 0.0962. The summed E-state index contributed by atoms with van der Waals surface area (Å²) in [7, 11) is 0. The van der Waals surface area contributed by atoms with Crippen LogP contribution < -0.4 is 5.32 Å². The lowest BCUT2D eigenvalue weighted by Gasteiger charge is -2.31. The van der Waals surface area contributed by atoms with Gasteiger partial charge in [0, 0.05) is 12.1 Å². The Labute approximate surface area is 110 Å². The first-order valence-electron chi connectivity index (χ1n) is 5.86. The largest absolute Gasteiger partial charge is 0.394 e. The van der Waals surface area contributed by atoms with Crippen molar-refractivity contribution in [1.82, 2.24) is 5.32 Å². The van der Waals surface area contributed by atoms with E-state index in [1.807, 2.05) is 19.9 Å². The molecule has 1 aromatic rings. The van der Waals surface area contributed by atoms with E-state index in [2.05, 4.69) is 21.2 Å². The second-order valence-electron chi connectivity index (χ2n) is 4.25. The molecule has 0 aliphatic carbocycles. The van der Waals surface area contributed by atoms with Gasteiger partial charge < -0.3 is 10.4 Å². The maximum absolute atomic E-state index is 13.3. The monoisotopic (exact) mass is 303 g/mol. The summed E-state index contributed by atoms with van der Waals surface area (Å²) in [5.41, 5.74) is 0.620. The van der Waals surface area contributed by atoms with Crippen LogP contribution in [0, 0.1) is 5.82 Å². The van der Waals surface area contributed by atoms with Gasteiger partial charge in [-0.05, 0) is 46.5 Å². The maximum Gasteiger partial charge on any atom is 0.137 e. The molecule has 0 aromatic heterocycles. The molecular formula is C13H19BrFNO. The van der Waals surface area contributed by atoms with Crippen molar-refractivity contribution in [3.8, 4) is 0 Å². The second kappa shape index (κ2) is 6.47. The first kappa shape index (κ1) is 14.6. The highest BCUT2D eigenvalue weighted by atomic mass is 79.9. The minimum Gasteiger partial charge on any atom is -0.394 e. The minimum atomic E-state index is -0.260. The van der Waals surface area contributed by atoms with E-state index in [1.54, 1.807) is 6.07 Å². The fraction of sp³-hybridized carbons (Fsp3) is 0.538. The zero-order chi connectivity index (χ0) is 12.9. The Morgan fingerprint density at radius 2 is 2.00 bits per heavy atom. The van der Waals surface area contributed by atoms with E-state index in [-0.39, 0.29) is 18.0 Å². The molecule has 4 heteroatoms. The predicted molar refractivity (Wildman–Crippen MR) is 71.3 cm³/mol. The number of aliphatic hydroxyl groups is 1. The Balaban J connectivity index is 2.68. The van der Waals surface area contributed by atoms with Crippen LogP contribution in [0.1, 0.15) is 32.3 Å². The Morgan fingerprint density at radius 3 is 2.47 bits per heavy atom. The molecule has 0 saturated carbocycles. The average molecular weight is 304 g/mol.